The van der Waals surface area contributed by atoms with E-state index in [0.717, 1.165) is 0 Å². The van der Waals surface area contributed by atoms with E-state index in [1.165, 1.54) is 0 Å². The molecular formula is C13H11FO2S. The molecular weight excluding hydrogens is 239 g/mol. The van der Waals surface area contributed by atoms with Crippen molar-refractivity contribution < 1.29 is 12.3 Å². The van der Waals surface area contributed by atoms with Crippen LogP contribution in [-0.2, 0) is 10.2 Å². The number of halogens is 1. The summed E-state index contributed by atoms with van der Waals surface area (Å²) in [6, 6.07) is 16.7. The fraction of sp³-hybridized carbons (Fsp3) is 0.0769. The first-order valence-corrected chi connectivity index (χ1v) is 6.57. The summed E-state index contributed by atoms with van der Waals surface area (Å²) in [6.07, 6.45) is 0. The van der Waals surface area contributed by atoms with Crippen LogP contribution >= 0.6 is 0 Å². The minimum absolute atomic E-state index is 0.432. The Kier molecular flexibility index (Phi) is 3.24. The summed E-state index contributed by atoms with van der Waals surface area (Å²) in [5, 5.41) is -1.25. The van der Waals surface area contributed by atoms with Crippen molar-refractivity contribution in [2.45, 2.75) is 5.25 Å². The number of hydrogen-bond donors (Lipinski definition) is 0. The summed E-state index contributed by atoms with van der Waals surface area (Å²) >= 11 is 0. The Morgan fingerprint density at radius 3 is 1.41 bits per heavy atom. The molecule has 2 aromatic carbocycles. The fourth-order valence-corrected chi connectivity index (χ4v) is 2.74. The lowest BCUT2D eigenvalue weighted by molar-refractivity contribution is 0.544. The summed E-state index contributed by atoms with van der Waals surface area (Å²) in [6.45, 7) is 0. The predicted molar refractivity (Wildman–Crippen MR) is 64.8 cm³/mol. The van der Waals surface area contributed by atoms with Gasteiger partial charge in [0.05, 0.1) is 0 Å². The summed E-state index contributed by atoms with van der Waals surface area (Å²) in [5.41, 5.74) is 0.863. The van der Waals surface area contributed by atoms with Crippen LogP contribution in [-0.4, -0.2) is 8.42 Å². The van der Waals surface area contributed by atoms with Crippen molar-refractivity contribution in [3.63, 3.8) is 0 Å². The maximum absolute atomic E-state index is 13.4. The first-order valence-electron chi connectivity index (χ1n) is 5.12. The summed E-state index contributed by atoms with van der Waals surface area (Å²) < 4.78 is 35.9. The zero-order chi connectivity index (χ0) is 12.3. The molecule has 0 fully saturated rings. The Morgan fingerprint density at radius 1 is 0.765 bits per heavy atom. The van der Waals surface area contributed by atoms with Crippen LogP contribution in [0.4, 0.5) is 3.89 Å². The number of benzene rings is 2. The average Bonchev–Trinajstić information content (AvgIpc) is 2.30. The molecule has 0 saturated heterocycles. The van der Waals surface area contributed by atoms with Crippen molar-refractivity contribution in [3.05, 3.63) is 71.8 Å². The predicted octanol–water partition coefficient (Wildman–Crippen LogP) is 3.08. The van der Waals surface area contributed by atoms with Gasteiger partial charge in [-0.2, -0.15) is 8.42 Å². The van der Waals surface area contributed by atoms with Gasteiger partial charge >= 0.3 is 10.2 Å². The van der Waals surface area contributed by atoms with Crippen LogP contribution in [0.3, 0.4) is 0 Å². The molecule has 0 spiro atoms. The van der Waals surface area contributed by atoms with Crippen LogP contribution in [0.25, 0.3) is 0 Å². The highest BCUT2D eigenvalue weighted by Gasteiger charge is 2.28. The lowest BCUT2D eigenvalue weighted by Gasteiger charge is -2.13. The van der Waals surface area contributed by atoms with E-state index < -0.39 is 15.5 Å². The summed E-state index contributed by atoms with van der Waals surface area (Å²) in [7, 11) is -4.67. The van der Waals surface area contributed by atoms with Gasteiger partial charge in [0, 0.05) is 0 Å². The molecule has 0 N–H and O–H groups in total. The highest BCUT2D eigenvalue weighted by Crippen LogP contribution is 2.30. The molecule has 4 heteroatoms. The second-order valence-corrected chi connectivity index (χ2v) is 5.10. The summed E-state index contributed by atoms with van der Waals surface area (Å²) in [5.74, 6) is 0. The SMILES string of the molecule is O=S(=O)(F)C(c1ccccc1)c1ccccc1. The fourth-order valence-electron chi connectivity index (χ4n) is 1.77. The van der Waals surface area contributed by atoms with Gasteiger partial charge < -0.3 is 0 Å². The molecule has 88 valence electrons. The molecule has 2 nitrogen and oxygen atoms in total. The molecule has 0 radical (unpaired) electrons. The van der Waals surface area contributed by atoms with E-state index in [2.05, 4.69) is 0 Å². The first kappa shape index (κ1) is 11.8. The Labute approximate surface area is 99.9 Å². The van der Waals surface area contributed by atoms with Crippen molar-refractivity contribution in [2.75, 3.05) is 0 Å². The van der Waals surface area contributed by atoms with Crippen LogP contribution in [0.5, 0.6) is 0 Å². The number of rotatable bonds is 3. The highest BCUT2D eigenvalue weighted by molar-refractivity contribution is 7.86. The molecule has 0 aromatic heterocycles. The van der Waals surface area contributed by atoms with Crippen molar-refractivity contribution in [2.24, 2.45) is 0 Å². The van der Waals surface area contributed by atoms with Gasteiger partial charge in [-0.1, -0.05) is 60.7 Å². The Balaban J connectivity index is 2.56. The van der Waals surface area contributed by atoms with E-state index in [-0.39, 0.29) is 0 Å². The molecule has 0 amide bonds. The summed E-state index contributed by atoms with van der Waals surface area (Å²) in [4.78, 5) is 0. The van der Waals surface area contributed by atoms with E-state index in [0.29, 0.717) is 11.1 Å². The minimum Gasteiger partial charge on any atom is -0.194 e. The molecule has 2 rings (SSSR count). The third-order valence-corrected chi connectivity index (χ3v) is 3.59. The van der Waals surface area contributed by atoms with Gasteiger partial charge in [0.25, 0.3) is 0 Å². The van der Waals surface area contributed by atoms with E-state index >= 15 is 0 Å². The molecule has 0 atom stereocenters. The molecule has 0 aliphatic rings. The quantitative estimate of drug-likeness (QED) is 0.784. The topological polar surface area (TPSA) is 34.1 Å². The van der Waals surface area contributed by atoms with Gasteiger partial charge in [0.15, 0.2) is 0 Å². The molecule has 17 heavy (non-hydrogen) atoms. The monoisotopic (exact) mass is 250 g/mol. The van der Waals surface area contributed by atoms with Crippen molar-refractivity contribution in [1.82, 2.24) is 0 Å². The molecule has 0 aliphatic heterocycles. The van der Waals surface area contributed by atoms with E-state index in [9.17, 15) is 12.3 Å². The van der Waals surface area contributed by atoms with Crippen LogP contribution in [0.15, 0.2) is 60.7 Å². The van der Waals surface area contributed by atoms with E-state index in [1.54, 1.807) is 60.7 Å². The Bertz CT molecular complexity index is 540. The van der Waals surface area contributed by atoms with Gasteiger partial charge in [-0.05, 0) is 11.1 Å². The van der Waals surface area contributed by atoms with Crippen molar-refractivity contribution in [1.29, 1.82) is 0 Å². The normalized spacial score (nSPS) is 11.6. The molecule has 0 bridgehead atoms. The van der Waals surface area contributed by atoms with E-state index in [1.807, 2.05) is 0 Å². The lowest BCUT2D eigenvalue weighted by atomic mass is 10.0. The highest BCUT2D eigenvalue weighted by atomic mass is 32.3. The number of hydrogen-bond acceptors (Lipinski definition) is 2. The van der Waals surface area contributed by atoms with Crippen molar-refractivity contribution in [3.8, 4) is 0 Å². The second kappa shape index (κ2) is 4.67. The zero-order valence-electron chi connectivity index (χ0n) is 8.95. The zero-order valence-corrected chi connectivity index (χ0v) is 9.77. The van der Waals surface area contributed by atoms with Crippen LogP contribution in [0.1, 0.15) is 16.4 Å². The molecule has 0 unspecified atom stereocenters. The maximum atomic E-state index is 13.4. The largest absolute Gasteiger partial charge is 0.313 e. The second-order valence-electron chi connectivity index (χ2n) is 3.68. The standard InChI is InChI=1S/C13H11FO2S/c14-17(15,16)13(11-7-3-1-4-8-11)12-9-5-2-6-10-12/h1-10,13H. The molecule has 0 aliphatic carbocycles. The maximum Gasteiger partial charge on any atom is 0.313 e. The van der Waals surface area contributed by atoms with E-state index in [4.69, 9.17) is 0 Å². The Hall–Kier alpha value is -1.68. The lowest BCUT2D eigenvalue weighted by Crippen LogP contribution is -2.09. The van der Waals surface area contributed by atoms with Crippen molar-refractivity contribution >= 4 is 10.2 Å². The van der Waals surface area contributed by atoms with Crippen LogP contribution in [0.2, 0.25) is 0 Å². The molecule has 2 aromatic rings. The smallest absolute Gasteiger partial charge is 0.194 e. The van der Waals surface area contributed by atoms with Gasteiger partial charge in [-0.25, -0.2) is 0 Å². The third-order valence-electron chi connectivity index (χ3n) is 2.49. The molecule has 0 heterocycles. The Morgan fingerprint density at radius 2 is 1.12 bits per heavy atom. The van der Waals surface area contributed by atoms with Gasteiger partial charge in [0.1, 0.15) is 5.25 Å². The van der Waals surface area contributed by atoms with Gasteiger partial charge in [-0.15, -0.1) is 3.89 Å². The third kappa shape index (κ3) is 2.71. The van der Waals surface area contributed by atoms with Gasteiger partial charge in [-0.3, -0.25) is 0 Å². The minimum atomic E-state index is -4.67. The van der Waals surface area contributed by atoms with Crippen LogP contribution < -0.4 is 0 Å². The average molecular weight is 250 g/mol. The molecule has 0 saturated carbocycles. The first-order chi connectivity index (χ1) is 8.09. The van der Waals surface area contributed by atoms with Gasteiger partial charge in [0.2, 0.25) is 0 Å². The van der Waals surface area contributed by atoms with Crippen LogP contribution in [0, 0.1) is 0 Å².